The lowest BCUT2D eigenvalue weighted by atomic mass is 9.97. The fourth-order valence-electron chi connectivity index (χ4n) is 2.22. The minimum Gasteiger partial charge on any atom is -0.386 e. The molecular weight excluding hydrogens is 294 g/mol. The first-order chi connectivity index (χ1) is 10.5. The van der Waals surface area contributed by atoms with Gasteiger partial charge in [0, 0.05) is 5.56 Å². The maximum atomic E-state index is 13.2. The quantitative estimate of drug-likeness (QED) is 0.761. The molecule has 0 spiro atoms. The second-order valence-electron chi connectivity index (χ2n) is 6.72. The third kappa shape index (κ3) is 5.76. The van der Waals surface area contributed by atoms with Crippen LogP contribution in [0.1, 0.15) is 55.9 Å². The van der Waals surface area contributed by atoms with E-state index >= 15 is 0 Å². The Hall–Kier alpha value is -1.74. The SMILES string of the molecule is Cc1ccc(C(C)(C)O)c(F)c1.Cc1ccc(C(C)C)c(F)c1. The number of benzene rings is 2. The summed E-state index contributed by atoms with van der Waals surface area (Å²) in [6, 6.07) is 10.2. The van der Waals surface area contributed by atoms with Crippen LogP contribution in [0.3, 0.4) is 0 Å². The van der Waals surface area contributed by atoms with E-state index in [9.17, 15) is 13.9 Å². The Balaban J connectivity index is 0.000000231. The van der Waals surface area contributed by atoms with E-state index in [2.05, 4.69) is 0 Å². The van der Waals surface area contributed by atoms with Gasteiger partial charge in [-0.1, -0.05) is 38.1 Å². The molecule has 0 unspecified atom stereocenters. The molecule has 2 aromatic carbocycles. The van der Waals surface area contributed by atoms with Crippen LogP contribution in [0, 0.1) is 25.5 Å². The molecule has 0 heterocycles. The maximum absolute atomic E-state index is 13.2. The van der Waals surface area contributed by atoms with Gasteiger partial charge in [0.05, 0.1) is 5.60 Å². The van der Waals surface area contributed by atoms with Gasteiger partial charge in [0.1, 0.15) is 11.6 Å². The number of rotatable bonds is 2. The van der Waals surface area contributed by atoms with Gasteiger partial charge in [-0.3, -0.25) is 0 Å². The van der Waals surface area contributed by atoms with Crippen molar-refractivity contribution in [1.82, 2.24) is 0 Å². The van der Waals surface area contributed by atoms with Crippen molar-refractivity contribution in [3.8, 4) is 0 Å². The highest BCUT2D eigenvalue weighted by atomic mass is 19.1. The second kappa shape index (κ2) is 7.69. The van der Waals surface area contributed by atoms with Crippen molar-refractivity contribution >= 4 is 0 Å². The van der Waals surface area contributed by atoms with Gasteiger partial charge in [0.2, 0.25) is 0 Å². The zero-order valence-corrected chi connectivity index (χ0v) is 14.7. The fourth-order valence-corrected chi connectivity index (χ4v) is 2.22. The molecule has 126 valence electrons. The van der Waals surface area contributed by atoms with E-state index in [1.165, 1.54) is 6.07 Å². The van der Waals surface area contributed by atoms with Gasteiger partial charge in [-0.15, -0.1) is 0 Å². The third-order valence-corrected chi connectivity index (χ3v) is 3.56. The second-order valence-corrected chi connectivity index (χ2v) is 6.72. The molecule has 0 saturated heterocycles. The van der Waals surface area contributed by atoms with Gasteiger partial charge < -0.3 is 5.11 Å². The Labute approximate surface area is 138 Å². The molecule has 2 rings (SSSR count). The zero-order chi connectivity index (χ0) is 17.8. The van der Waals surface area contributed by atoms with Crippen LogP contribution in [0.15, 0.2) is 36.4 Å². The Morgan fingerprint density at radius 2 is 1.35 bits per heavy atom. The van der Waals surface area contributed by atoms with E-state index in [0.717, 1.165) is 16.7 Å². The summed E-state index contributed by atoms with van der Waals surface area (Å²) in [6.45, 7) is 10.8. The monoisotopic (exact) mass is 320 g/mol. The van der Waals surface area contributed by atoms with Gasteiger partial charge >= 0.3 is 0 Å². The van der Waals surface area contributed by atoms with Crippen LogP contribution in [-0.4, -0.2) is 5.11 Å². The van der Waals surface area contributed by atoms with Crippen molar-refractivity contribution in [2.24, 2.45) is 0 Å². The van der Waals surface area contributed by atoms with Crippen LogP contribution in [0.5, 0.6) is 0 Å². The van der Waals surface area contributed by atoms with Crippen LogP contribution in [0.2, 0.25) is 0 Å². The summed E-state index contributed by atoms with van der Waals surface area (Å²) in [5, 5.41) is 9.52. The lowest BCUT2D eigenvalue weighted by molar-refractivity contribution is 0.0745. The smallest absolute Gasteiger partial charge is 0.129 e. The summed E-state index contributed by atoms with van der Waals surface area (Å²) in [5.41, 5.74) is 1.88. The highest BCUT2D eigenvalue weighted by molar-refractivity contribution is 5.27. The molecule has 1 N–H and O–H groups in total. The summed E-state index contributed by atoms with van der Waals surface area (Å²) >= 11 is 0. The minimum absolute atomic E-state index is 0.0833. The van der Waals surface area contributed by atoms with Crippen LogP contribution < -0.4 is 0 Å². The molecule has 0 aliphatic rings. The van der Waals surface area contributed by atoms with E-state index in [-0.39, 0.29) is 17.6 Å². The molecule has 0 fully saturated rings. The molecule has 0 atom stereocenters. The largest absolute Gasteiger partial charge is 0.386 e. The first-order valence-electron chi connectivity index (χ1n) is 7.77. The Bertz CT molecular complexity index is 655. The van der Waals surface area contributed by atoms with Crippen LogP contribution in [-0.2, 0) is 5.60 Å². The van der Waals surface area contributed by atoms with Crippen molar-refractivity contribution in [3.05, 3.63) is 70.3 Å². The molecular formula is C20H26F2O. The third-order valence-electron chi connectivity index (χ3n) is 3.56. The van der Waals surface area contributed by atoms with Crippen molar-refractivity contribution in [2.75, 3.05) is 0 Å². The van der Waals surface area contributed by atoms with Gasteiger partial charge in [0.25, 0.3) is 0 Å². The summed E-state index contributed by atoms with van der Waals surface area (Å²) in [4.78, 5) is 0. The molecule has 1 nitrogen and oxygen atoms in total. The lowest BCUT2D eigenvalue weighted by Crippen LogP contribution is -2.17. The number of hydrogen-bond acceptors (Lipinski definition) is 1. The van der Waals surface area contributed by atoms with Crippen LogP contribution in [0.4, 0.5) is 8.78 Å². The van der Waals surface area contributed by atoms with E-state index in [1.807, 2.05) is 39.8 Å². The molecule has 0 amide bonds. The van der Waals surface area contributed by atoms with Gasteiger partial charge in [-0.05, 0) is 62.4 Å². The van der Waals surface area contributed by atoms with Crippen molar-refractivity contribution in [1.29, 1.82) is 0 Å². The lowest BCUT2D eigenvalue weighted by Gasteiger charge is -2.18. The predicted molar refractivity (Wildman–Crippen MR) is 91.6 cm³/mol. The molecule has 3 heteroatoms. The normalized spacial score (nSPS) is 11.2. The Morgan fingerprint density at radius 3 is 1.74 bits per heavy atom. The minimum atomic E-state index is -1.10. The molecule has 0 bridgehead atoms. The van der Waals surface area contributed by atoms with Gasteiger partial charge in [0.15, 0.2) is 0 Å². The van der Waals surface area contributed by atoms with E-state index in [0.29, 0.717) is 5.56 Å². The van der Waals surface area contributed by atoms with E-state index in [1.54, 1.807) is 32.0 Å². The van der Waals surface area contributed by atoms with E-state index in [4.69, 9.17) is 0 Å². The van der Waals surface area contributed by atoms with Crippen LogP contribution >= 0.6 is 0 Å². The summed E-state index contributed by atoms with van der Waals surface area (Å²) in [7, 11) is 0. The number of halogens is 2. The summed E-state index contributed by atoms with van der Waals surface area (Å²) in [6.07, 6.45) is 0. The summed E-state index contributed by atoms with van der Waals surface area (Å²) < 4.78 is 26.3. The molecule has 0 aromatic heterocycles. The fraction of sp³-hybridized carbons (Fsp3) is 0.400. The maximum Gasteiger partial charge on any atom is 0.129 e. The van der Waals surface area contributed by atoms with Gasteiger partial charge in [-0.2, -0.15) is 0 Å². The average Bonchev–Trinajstić information content (AvgIpc) is 2.36. The highest BCUT2D eigenvalue weighted by Crippen LogP contribution is 2.23. The average molecular weight is 320 g/mol. The van der Waals surface area contributed by atoms with Crippen molar-refractivity contribution in [2.45, 2.75) is 53.1 Å². The number of aliphatic hydroxyl groups is 1. The van der Waals surface area contributed by atoms with Crippen molar-refractivity contribution in [3.63, 3.8) is 0 Å². The molecule has 0 aliphatic heterocycles. The first-order valence-corrected chi connectivity index (χ1v) is 7.77. The molecule has 2 aromatic rings. The van der Waals surface area contributed by atoms with Crippen molar-refractivity contribution < 1.29 is 13.9 Å². The number of hydrogen-bond donors (Lipinski definition) is 1. The Morgan fingerprint density at radius 1 is 0.870 bits per heavy atom. The van der Waals surface area contributed by atoms with E-state index < -0.39 is 5.60 Å². The summed E-state index contributed by atoms with van der Waals surface area (Å²) in [5.74, 6) is -0.155. The zero-order valence-electron chi connectivity index (χ0n) is 14.7. The van der Waals surface area contributed by atoms with Gasteiger partial charge in [-0.25, -0.2) is 8.78 Å². The number of aryl methyl sites for hydroxylation is 2. The molecule has 0 radical (unpaired) electrons. The van der Waals surface area contributed by atoms with Crippen LogP contribution in [0.25, 0.3) is 0 Å². The highest BCUT2D eigenvalue weighted by Gasteiger charge is 2.19. The molecule has 23 heavy (non-hydrogen) atoms. The molecule has 0 saturated carbocycles. The first kappa shape index (κ1) is 19.3. The topological polar surface area (TPSA) is 20.2 Å². The Kier molecular flexibility index (Phi) is 6.46. The standard InChI is InChI=1S/C10H13FO.C10H13F/c1-7-4-5-8(9(11)6-7)10(2,3)12;1-7(2)9-5-4-8(3)6-10(9)11/h4-6,12H,1-3H3;4-7H,1-3H3. The predicted octanol–water partition coefficient (Wildman–Crippen LogP) is 5.62. The molecule has 0 aliphatic carbocycles.